The van der Waals surface area contributed by atoms with Crippen LogP contribution in [0.4, 0.5) is 11.6 Å². The van der Waals surface area contributed by atoms with Crippen molar-refractivity contribution in [3.63, 3.8) is 0 Å². The fourth-order valence-electron chi connectivity index (χ4n) is 4.16. The third kappa shape index (κ3) is 5.82. The maximum absolute atomic E-state index is 12.4. The van der Waals surface area contributed by atoms with Crippen molar-refractivity contribution in [2.45, 2.75) is 40.5 Å². The number of ether oxygens (including phenoxy) is 1. The summed E-state index contributed by atoms with van der Waals surface area (Å²) in [4.78, 5) is 28.6. The molecule has 7 nitrogen and oxygen atoms in total. The smallest absolute Gasteiger partial charge is 0.309 e. The summed E-state index contributed by atoms with van der Waals surface area (Å²) in [7, 11) is 0. The first kappa shape index (κ1) is 23.9. The molecule has 3 aromatic heterocycles. The second kappa shape index (κ2) is 10.8. The lowest BCUT2D eigenvalue weighted by atomic mass is 9.96. The number of nitrogens with zero attached hydrogens (tertiary/aromatic N) is 4. The molecule has 4 heterocycles. The molecular weight excluding hydrogens is 426 g/mol. The van der Waals surface area contributed by atoms with E-state index in [2.05, 4.69) is 53.9 Å². The van der Waals surface area contributed by atoms with Gasteiger partial charge in [0, 0.05) is 54.6 Å². The molecule has 1 aliphatic rings. The lowest BCUT2D eigenvalue weighted by Gasteiger charge is -2.32. The first-order chi connectivity index (χ1) is 16.4. The molecular formula is C27H35N5O2. The first-order valence-electron chi connectivity index (χ1n) is 12.3. The maximum atomic E-state index is 12.4. The van der Waals surface area contributed by atoms with Crippen LogP contribution in [0.2, 0.25) is 0 Å². The van der Waals surface area contributed by atoms with Crippen LogP contribution < -0.4 is 10.2 Å². The molecule has 0 saturated carbocycles. The number of hydrogen-bond donors (Lipinski definition) is 1. The summed E-state index contributed by atoms with van der Waals surface area (Å²) in [6.07, 6.45) is 7.06. The Morgan fingerprint density at radius 1 is 1.12 bits per heavy atom. The Morgan fingerprint density at radius 3 is 2.65 bits per heavy atom. The highest BCUT2D eigenvalue weighted by atomic mass is 16.5. The van der Waals surface area contributed by atoms with E-state index in [1.165, 1.54) is 0 Å². The molecule has 0 spiro atoms. The quantitative estimate of drug-likeness (QED) is 0.463. The van der Waals surface area contributed by atoms with Gasteiger partial charge in [0.15, 0.2) is 0 Å². The van der Waals surface area contributed by atoms with Crippen LogP contribution in [0.5, 0.6) is 0 Å². The molecule has 0 bridgehead atoms. The fourth-order valence-corrected chi connectivity index (χ4v) is 4.16. The molecule has 0 amide bonds. The third-order valence-corrected chi connectivity index (χ3v) is 6.05. The molecule has 0 aromatic carbocycles. The Hall–Kier alpha value is -3.22. The van der Waals surface area contributed by atoms with E-state index in [1.807, 2.05) is 36.8 Å². The van der Waals surface area contributed by atoms with E-state index in [4.69, 9.17) is 9.72 Å². The van der Waals surface area contributed by atoms with Gasteiger partial charge in [-0.3, -0.25) is 9.78 Å². The number of fused-ring (bicyclic) bond motifs is 1. The van der Waals surface area contributed by atoms with Crippen molar-refractivity contribution in [2.24, 2.45) is 17.8 Å². The summed E-state index contributed by atoms with van der Waals surface area (Å²) < 4.78 is 5.48. The van der Waals surface area contributed by atoms with Crippen LogP contribution in [0, 0.1) is 17.8 Å². The van der Waals surface area contributed by atoms with Crippen LogP contribution in [0.3, 0.4) is 0 Å². The molecule has 1 saturated heterocycles. The molecule has 34 heavy (non-hydrogen) atoms. The van der Waals surface area contributed by atoms with E-state index < -0.39 is 0 Å². The van der Waals surface area contributed by atoms with Gasteiger partial charge in [0.2, 0.25) is 0 Å². The van der Waals surface area contributed by atoms with Gasteiger partial charge in [-0.1, -0.05) is 27.7 Å². The van der Waals surface area contributed by atoms with E-state index >= 15 is 0 Å². The molecule has 7 heteroatoms. The number of nitrogens with one attached hydrogen (secondary N) is 1. The Balaban J connectivity index is 1.57. The lowest BCUT2D eigenvalue weighted by Crippen LogP contribution is -2.37. The van der Waals surface area contributed by atoms with Gasteiger partial charge in [-0.25, -0.2) is 9.97 Å². The normalized spacial score (nSPS) is 14.7. The zero-order valence-corrected chi connectivity index (χ0v) is 20.6. The number of anilines is 2. The van der Waals surface area contributed by atoms with Crippen LogP contribution in [0.25, 0.3) is 22.0 Å². The number of pyridine rings is 3. The third-order valence-electron chi connectivity index (χ3n) is 6.05. The second-order valence-electron chi connectivity index (χ2n) is 9.92. The van der Waals surface area contributed by atoms with Crippen molar-refractivity contribution < 1.29 is 9.53 Å². The van der Waals surface area contributed by atoms with Gasteiger partial charge in [-0.15, -0.1) is 0 Å². The predicted octanol–water partition coefficient (Wildman–Crippen LogP) is 5.18. The van der Waals surface area contributed by atoms with Crippen molar-refractivity contribution in [2.75, 3.05) is 36.5 Å². The van der Waals surface area contributed by atoms with Gasteiger partial charge in [-0.05, 0) is 48.9 Å². The van der Waals surface area contributed by atoms with Gasteiger partial charge in [0.05, 0.1) is 18.2 Å². The van der Waals surface area contributed by atoms with E-state index in [9.17, 15) is 4.79 Å². The van der Waals surface area contributed by atoms with Crippen molar-refractivity contribution in [1.82, 2.24) is 15.0 Å². The van der Waals surface area contributed by atoms with E-state index in [-0.39, 0.29) is 11.9 Å². The summed E-state index contributed by atoms with van der Waals surface area (Å²) >= 11 is 0. The van der Waals surface area contributed by atoms with Crippen LogP contribution in [-0.2, 0) is 9.53 Å². The minimum atomic E-state index is -0.0673. The topological polar surface area (TPSA) is 80.2 Å². The zero-order valence-electron chi connectivity index (χ0n) is 20.6. The second-order valence-corrected chi connectivity index (χ2v) is 9.92. The van der Waals surface area contributed by atoms with Crippen LogP contribution in [0.15, 0.2) is 42.9 Å². The standard InChI is InChI=1S/C27H35N5O2/c1-18(2)15-30-25-14-21(5-10-29-25)24-13-22-16-28-9-6-23(22)26(31-24)32-11-7-20(8-12-32)27(33)34-17-19(3)4/h5-6,9-10,13-14,16,18-20H,7-8,11-12,15,17H2,1-4H3,(H,29,30). The van der Waals surface area contributed by atoms with Gasteiger partial charge in [0.1, 0.15) is 11.6 Å². The molecule has 0 atom stereocenters. The summed E-state index contributed by atoms with van der Waals surface area (Å²) in [5.41, 5.74) is 1.91. The maximum Gasteiger partial charge on any atom is 0.309 e. The van der Waals surface area contributed by atoms with Gasteiger partial charge < -0.3 is 15.0 Å². The van der Waals surface area contributed by atoms with Crippen LogP contribution in [0.1, 0.15) is 40.5 Å². The summed E-state index contributed by atoms with van der Waals surface area (Å²) in [5.74, 6) is 2.57. The number of piperidine rings is 1. The highest BCUT2D eigenvalue weighted by Gasteiger charge is 2.28. The average Bonchev–Trinajstić information content (AvgIpc) is 2.85. The largest absolute Gasteiger partial charge is 0.465 e. The van der Waals surface area contributed by atoms with E-state index in [0.717, 1.165) is 66.1 Å². The van der Waals surface area contributed by atoms with Crippen molar-refractivity contribution >= 4 is 28.4 Å². The molecule has 3 aromatic rings. The number of hydrogen-bond acceptors (Lipinski definition) is 7. The Bertz CT molecular complexity index is 1120. The number of aromatic nitrogens is 3. The van der Waals surface area contributed by atoms with E-state index in [1.54, 1.807) is 0 Å². The lowest BCUT2D eigenvalue weighted by molar-refractivity contribution is -0.150. The SMILES string of the molecule is CC(C)CNc1cc(-c2cc3cnccc3c(N3CCC(C(=O)OCC(C)C)CC3)n2)ccn1. The van der Waals surface area contributed by atoms with Gasteiger partial charge in [0.25, 0.3) is 0 Å². The molecule has 4 rings (SSSR count). The minimum absolute atomic E-state index is 0.0408. The van der Waals surface area contributed by atoms with Crippen LogP contribution >= 0.6 is 0 Å². The van der Waals surface area contributed by atoms with Crippen molar-refractivity contribution in [3.8, 4) is 11.3 Å². The van der Waals surface area contributed by atoms with Crippen molar-refractivity contribution in [1.29, 1.82) is 0 Å². The molecule has 1 N–H and O–H groups in total. The molecule has 180 valence electrons. The summed E-state index contributed by atoms with van der Waals surface area (Å²) in [6.45, 7) is 11.4. The fraction of sp³-hybridized carbons (Fsp3) is 0.481. The van der Waals surface area contributed by atoms with Crippen LogP contribution in [-0.4, -0.2) is 47.2 Å². The molecule has 1 aliphatic heterocycles. The highest BCUT2D eigenvalue weighted by Crippen LogP contribution is 2.32. The van der Waals surface area contributed by atoms with Gasteiger partial charge in [-0.2, -0.15) is 0 Å². The first-order valence-corrected chi connectivity index (χ1v) is 12.3. The zero-order chi connectivity index (χ0) is 24.1. The Morgan fingerprint density at radius 2 is 1.91 bits per heavy atom. The number of esters is 1. The highest BCUT2D eigenvalue weighted by molar-refractivity contribution is 5.94. The molecule has 1 fully saturated rings. The van der Waals surface area contributed by atoms with E-state index in [0.29, 0.717) is 18.4 Å². The number of carbonyl (C=O) groups excluding carboxylic acids is 1. The van der Waals surface area contributed by atoms with Gasteiger partial charge >= 0.3 is 5.97 Å². The molecule has 0 unspecified atom stereocenters. The molecule has 0 radical (unpaired) electrons. The molecule has 0 aliphatic carbocycles. The Labute approximate surface area is 202 Å². The predicted molar refractivity (Wildman–Crippen MR) is 137 cm³/mol. The minimum Gasteiger partial charge on any atom is -0.465 e. The monoisotopic (exact) mass is 461 g/mol. The Kier molecular flexibility index (Phi) is 7.60. The number of rotatable bonds is 8. The summed E-state index contributed by atoms with van der Waals surface area (Å²) in [6, 6.07) is 8.15. The summed E-state index contributed by atoms with van der Waals surface area (Å²) in [5, 5.41) is 5.52. The average molecular weight is 462 g/mol. The number of carbonyl (C=O) groups is 1. The van der Waals surface area contributed by atoms with Crippen molar-refractivity contribution in [3.05, 3.63) is 42.9 Å².